The first-order valence-electron chi connectivity index (χ1n) is 5.96. The molecule has 0 unspecified atom stereocenters. The molecule has 0 fully saturated rings. The van der Waals surface area contributed by atoms with Crippen LogP contribution < -0.4 is 15.3 Å². The molecule has 0 rings (SSSR count). The molecule has 0 bridgehead atoms. The van der Waals surface area contributed by atoms with Gasteiger partial charge < -0.3 is 15.3 Å². The molecule has 0 aliphatic rings. The van der Waals surface area contributed by atoms with Crippen molar-refractivity contribution >= 4 is 17.3 Å². The summed E-state index contributed by atoms with van der Waals surface area (Å²) in [5.74, 6) is -1.12. The normalized spacial score (nSPS) is 10.9. The van der Waals surface area contributed by atoms with Gasteiger partial charge in [0.1, 0.15) is 0 Å². The maximum absolute atomic E-state index is 9.98. The summed E-state index contributed by atoms with van der Waals surface area (Å²) in [6.07, 6.45) is 3.17. The van der Waals surface area contributed by atoms with E-state index in [1.54, 1.807) is 0 Å². The number of hydrogen-bond acceptors (Lipinski definition) is 6. The Labute approximate surface area is 144 Å². The molecule has 0 saturated heterocycles. The molecule has 0 radical (unpaired) electrons. The van der Waals surface area contributed by atoms with Gasteiger partial charge in [-0.05, 0) is 39.0 Å². The van der Waals surface area contributed by atoms with E-state index < -0.39 is 0 Å². The Hall–Kier alpha value is -1.75. The topological polar surface area (TPSA) is 120 Å². The van der Waals surface area contributed by atoms with Gasteiger partial charge in [0.15, 0.2) is 17.3 Å². The fraction of sp³-hybridized carbons (Fsp3) is 0.400. The van der Waals surface area contributed by atoms with Crippen molar-refractivity contribution in [2.75, 3.05) is 0 Å². The van der Waals surface area contributed by atoms with Gasteiger partial charge in [-0.2, -0.15) is 0 Å². The van der Waals surface area contributed by atoms with E-state index in [1.807, 2.05) is 0 Å². The summed E-state index contributed by atoms with van der Waals surface area (Å²) in [4.78, 5) is 29.9. The first-order chi connectivity index (χ1) is 9.38. The SMILES string of the molecule is CC(=O)/C=C(/C)[O-].CC(=O)/C=C(/C)[O-].CC(=O)/C=C(/C)[O-].[Rh+3]. The van der Waals surface area contributed by atoms with Crippen LogP contribution in [0.4, 0.5) is 0 Å². The van der Waals surface area contributed by atoms with Gasteiger partial charge in [0.05, 0.1) is 0 Å². The molecular formula is C15H21O6Rh. The maximum atomic E-state index is 9.98. The van der Waals surface area contributed by atoms with Crippen LogP contribution >= 0.6 is 0 Å². The van der Waals surface area contributed by atoms with Crippen molar-refractivity contribution in [1.82, 2.24) is 0 Å². The molecule has 0 aliphatic carbocycles. The zero-order valence-corrected chi connectivity index (χ0v) is 15.2. The fourth-order valence-electron chi connectivity index (χ4n) is 0.859. The van der Waals surface area contributed by atoms with E-state index in [4.69, 9.17) is 0 Å². The minimum Gasteiger partial charge on any atom is -0.876 e. The molecule has 0 spiro atoms. The third kappa shape index (κ3) is 51.7. The second-order valence-electron chi connectivity index (χ2n) is 4.10. The summed E-state index contributed by atoms with van der Waals surface area (Å²) in [5, 5.41) is 29.9. The van der Waals surface area contributed by atoms with Gasteiger partial charge in [0.2, 0.25) is 0 Å². The molecule has 0 aliphatic heterocycles. The van der Waals surface area contributed by atoms with Crippen LogP contribution in [0.25, 0.3) is 0 Å². The predicted octanol–water partition coefficient (Wildman–Crippen LogP) is -0.484. The Morgan fingerprint density at radius 1 is 0.545 bits per heavy atom. The summed E-state index contributed by atoms with van der Waals surface area (Å²) in [6, 6.07) is 0. The molecule has 22 heavy (non-hydrogen) atoms. The number of carbonyl (C=O) groups excluding carboxylic acids is 3. The van der Waals surface area contributed by atoms with E-state index in [2.05, 4.69) is 0 Å². The Balaban J connectivity index is -0.000000108. The summed E-state index contributed by atoms with van der Waals surface area (Å²) < 4.78 is 0. The van der Waals surface area contributed by atoms with Crippen molar-refractivity contribution < 1.29 is 49.2 Å². The first kappa shape index (κ1) is 28.4. The summed E-state index contributed by atoms with van der Waals surface area (Å²) in [6.45, 7) is 8.09. The monoisotopic (exact) mass is 400 g/mol. The molecule has 0 heterocycles. The van der Waals surface area contributed by atoms with Crippen molar-refractivity contribution in [3.63, 3.8) is 0 Å². The molecule has 7 heteroatoms. The summed E-state index contributed by atoms with van der Waals surface area (Å²) >= 11 is 0. The van der Waals surface area contributed by atoms with Gasteiger partial charge in [0.25, 0.3) is 0 Å². The van der Waals surface area contributed by atoms with Crippen molar-refractivity contribution in [2.45, 2.75) is 41.5 Å². The standard InChI is InChI=1S/3C5H8O2.Rh/c3*1-4(6)3-5(2)7;/h3*3,6H,1-2H3;/q;;;+3/p-3/b3*4-3-;. The van der Waals surface area contributed by atoms with Gasteiger partial charge in [-0.3, -0.25) is 14.4 Å². The van der Waals surface area contributed by atoms with E-state index >= 15 is 0 Å². The van der Waals surface area contributed by atoms with Crippen LogP contribution in [0.5, 0.6) is 0 Å². The average Bonchev–Trinajstić information content (AvgIpc) is 2.10. The molecule has 0 atom stereocenters. The second-order valence-corrected chi connectivity index (χ2v) is 4.10. The smallest absolute Gasteiger partial charge is 0.876 e. The quantitative estimate of drug-likeness (QED) is 0.358. The summed E-state index contributed by atoms with van der Waals surface area (Å²) in [7, 11) is 0. The Morgan fingerprint density at radius 2 is 0.682 bits per heavy atom. The van der Waals surface area contributed by atoms with Crippen LogP contribution in [0.3, 0.4) is 0 Å². The zero-order valence-electron chi connectivity index (χ0n) is 13.5. The number of ketones is 3. The number of allylic oxidation sites excluding steroid dienone is 6. The Bertz CT molecular complexity index is 368. The van der Waals surface area contributed by atoms with E-state index in [0.717, 1.165) is 18.2 Å². The third-order valence-electron chi connectivity index (χ3n) is 1.22. The van der Waals surface area contributed by atoms with Crippen molar-refractivity contribution in [1.29, 1.82) is 0 Å². The Kier molecular flexibility index (Phi) is 22.4. The van der Waals surface area contributed by atoms with Crippen LogP contribution in [-0.2, 0) is 33.9 Å². The molecular weight excluding hydrogens is 379 g/mol. The van der Waals surface area contributed by atoms with Crippen molar-refractivity contribution in [2.24, 2.45) is 0 Å². The third-order valence-corrected chi connectivity index (χ3v) is 1.22. The molecule has 0 amide bonds. The second kappa shape index (κ2) is 17.3. The van der Waals surface area contributed by atoms with Gasteiger partial charge in [0, 0.05) is 0 Å². The minimum atomic E-state index is -0.187. The largest absolute Gasteiger partial charge is 3.00 e. The zero-order chi connectivity index (χ0) is 17.6. The summed E-state index contributed by atoms with van der Waals surface area (Å²) in [5.41, 5.74) is 0. The van der Waals surface area contributed by atoms with E-state index in [-0.39, 0.29) is 54.1 Å². The van der Waals surface area contributed by atoms with Crippen LogP contribution in [0.2, 0.25) is 0 Å². The van der Waals surface area contributed by atoms with Crippen LogP contribution in [0, 0.1) is 0 Å². The van der Waals surface area contributed by atoms with Crippen molar-refractivity contribution in [3.8, 4) is 0 Å². The van der Waals surface area contributed by atoms with Crippen molar-refractivity contribution in [3.05, 3.63) is 35.5 Å². The first-order valence-corrected chi connectivity index (χ1v) is 5.96. The van der Waals surface area contributed by atoms with Crippen LogP contribution in [0.15, 0.2) is 35.5 Å². The average molecular weight is 400 g/mol. The van der Waals surface area contributed by atoms with E-state index in [0.29, 0.717) is 0 Å². The van der Waals surface area contributed by atoms with E-state index in [1.165, 1.54) is 41.5 Å². The van der Waals surface area contributed by atoms with Gasteiger partial charge in [-0.25, -0.2) is 0 Å². The molecule has 126 valence electrons. The molecule has 0 aromatic rings. The minimum absolute atomic E-state index is 0. The molecule has 0 saturated carbocycles. The van der Waals surface area contributed by atoms with Crippen LogP contribution in [0.1, 0.15) is 41.5 Å². The van der Waals surface area contributed by atoms with Gasteiger partial charge >= 0.3 is 19.5 Å². The molecule has 0 N–H and O–H groups in total. The molecule has 0 aromatic heterocycles. The van der Waals surface area contributed by atoms with Gasteiger partial charge in [-0.1, -0.05) is 20.8 Å². The molecule has 0 aromatic carbocycles. The Morgan fingerprint density at radius 3 is 0.682 bits per heavy atom. The maximum Gasteiger partial charge on any atom is 3.00 e. The van der Waals surface area contributed by atoms with Gasteiger partial charge in [-0.15, -0.1) is 17.3 Å². The van der Waals surface area contributed by atoms with Crippen LogP contribution in [-0.4, -0.2) is 17.3 Å². The fourth-order valence-corrected chi connectivity index (χ4v) is 0.859. The number of rotatable bonds is 3. The molecule has 6 nitrogen and oxygen atoms in total. The number of hydrogen-bond donors (Lipinski definition) is 0. The van der Waals surface area contributed by atoms with E-state index in [9.17, 15) is 29.7 Å². The number of carbonyl (C=O) groups is 3. The predicted molar refractivity (Wildman–Crippen MR) is 73.3 cm³/mol.